The molecule has 0 saturated carbocycles. The van der Waals surface area contributed by atoms with E-state index >= 15 is 0 Å². The molecule has 0 nitrogen and oxygen atoms in total. The number of hydrogen-bond donors (Lipinski definition) is 0. The lowest BCUT2D eigenvalue weighted by Crippen LogP contribution is -1.82. The Kier molecular flexibility index (Phi) is 2.48. The van der Waals surface area contributed by atoms with Crippen LogP contribution in [0.5, 0.6) is 0 Å². The SMILES string of the molecule is C=CC(=C)C1=C(C=C)CCC1. The molecule has 0 fully saturated rings. The summed E-state index contributed by atoms with van der Waals surface area (Å²) in [6.45, 7) is 11.4. The van der Waals surface area contributed by atoms with Gasteiger partial charge in [-0.2, -0.15) is 0 Å². The fraction of sp³-hybridized carbons (Fsp3) is 0.273. The van der Waals surface area contributed by atoms with E-state index in [2.05, 4.69) is 19.7 Å². The van der Waals surface area contributed by atoms with Gasteiger partial charge in [0.25, 0.3) is 0 Å². The maximum Gasteiger partial charge on any atom is -0.0267 e. The summed E-state index contributed by atoms with van der Waals surface area (Å²) >= 11 is 0. The Hall–Kier alpha value is -1.04. The van der Waals surface area contributed by atoms with Crippen molar-refractivity contribution in [3.8, 4) is 0 Å². The summed E-state index contributed by atoms with van der Waals surface area (Å²) < 4.78 is 0. The smallest absolute Gasteiger partial charge is 0.0267 e. The van der Waals surface area contributed by atoms with Crippen molar-refractivity contribution in [2.24, 2.45) is 0 Å². The second-order valence-electron chi connectivity index (χ2n) is 2.79. The molecule has 0 N–H and O–H groups in total. The van der Waals surface area contributed by atoms with Gasteiger partial charge in [0.2, 0.25) is 0 Å². The highest BCUT2D eigenvalue weighted by atomic mass is 14.2. The second kappa shape index (κ2) is 3.38. The topological polar surface area (TPSA) is 0 Å². The van der Waals surface area contributed by atoms with Crippen LogP contribution in [0.4, 0.5) is 0 Å². The van der Waals surface area contributed by atoms with Gasteiger partial charge in [0.15, 0.2) is 0 Å². The van der Waals surface area contributed by atoms with Crippen LogP contribution in [0.15, 0.2) is 48.6 Å². The first-order valence-electron chi connectivity index (χ1n) is 3.95. The van der Waals surface area contributed by atoms with E-state index in [4.69, 9.17) is 0 Å². The Morgan fingerprint density at radius 3 is 2.55 bits per heavy atom. The maximum absolute atomic E-state index is 3.93. The minimum Gasteiger partial charge on any atom is -0.0988 e. The first-order chi connectivity index (χ1) is 5.29. The molecule has 1 aliphatic carbocycles. The van der Waals surface area contributed by atoms with Gasteiger partial charge in [0.1, 0.15) is 0 Å². The average molecular weight is 146 g/mol. The van der Waals surface area contributed by atoms with Gasteiger partial charge in [0, 0.05) is 0 Å². The van der Waals surface area contributed by atoms with Gasteiger partial charge >= 0.3 is 0 Å². The van der Waals surface area contributed by atoms with E-state index in [-0.39, 0.29) is 0 Å². The van der Waals surface area contributed by atoms with Crippen LogP contribution >= 0.6 is 0 Å². The largest absolute Gasteiger partial charge is 0.0988 e. The van der Waals surface area contributed by atoms with Crippen molar-refractivity contribution in [2.75, 3.05) is 0 Å². The van der Waals surface area contributed by atoms with E-state index < -0.39 is 0 Å². The minimum absolute atomic E-state index is 1.07. The average Bonchev–Trinajstić information content (AvgIpc) is 2.50. The summed E-state index contributed by atoms with van der Waals surface area (Å²) in [6, 6.07) is 0. The van der Waals surface area contributed by atoms with Crippen molar-refractivity contribution < 1.29 is 0 Å². The molecule has 1 rings (SSSR count). The molecule has 0 unspecified atom stereocenters. The van der Waals surface area contributed by atoms with Crippen LogP contribution in [-0.4, -0.2) is 0 Å². The molecule has 0 amide bonds. The van der Waals surface area contributed by atoms with Gasteiger partial charge in [-0.05, 0) is 36.0 Å². The van der Waals surface area contributed by atoms with Crippen molar-refractivity contribution in [1.82, 2.24) is 0 Å². The molecular formula is C11H14. The summed E-state index contributed by atoms with van der Waals surface area (Å²) in [5.74, 6) is 0. The van der Waals surface area contributed by atoms with E-state index in [9.17, 15) is 0 Å². The van der Waals surface area contributed by atoms with Crippen LogP contribution in [-0.2, 0) is 0 Å². The molecule has 0 aliphatic heterocycles. The summed E-state index contributed by atoms with van der Waals surface area (Å²) in [4.78, 5) is 0. The molecule has 0 aromatic rings. The Bertz CT molecular complexity index is 228. The van der Waals surface area contributed by atoms with Gasteiger partial charge in [-0.1, -0.05) is 31.9 Å². The van der Waals surface area contributed by atoms with Crippen molar-refractivity contribution >= 4 is 0 Å². The normalized spacial score (nSPS) is 16.7. The van der Waals surface area contributed by atoms with Gasteiger partial charge in [0.05, 0.1) is 0 Å². The summed E-state index contributed by atoms with van der Waals surface area (Å²) in [7, 11) is 0. The van der Waals surface area contributed by atoms with Gasteiger partial charge in [-0.15, -0.1) is 0 Å². The summed E-state index contributed by atoms with van der Waals surface area (Å²) in [5, 5.41) is 0. The fourth-order valence-corrected chi connectivity index (χ4v) is 1.48. The summed E-state index contributed by atoms with van der Waals surface area (Å²) in [5.41, 5.74) is 3.78. The Morgan fingerprint density at radius 2 is 2.00 bits per heavy atom. The molecule has 0 radical (unpaired) electrons. The highest BCUT2D eigenvalue weighted by Gasteiger charge is 2.12. The minimum atomic E-state index is 1.07. The van der Waals surface area contributed by atoms with Gasteiger partial charge in [-0.3, -0.25) is 0 Å². The number of allylic oxidation sites excluding steroid dienone is 5. The second-order valence-corrected chi connectivity index (χ2v) is 2.79. The first kappa shape index (κ1) is 8.06. The van der Waals surface area contributed by atoms with Crippen molar-refractivity contribution in [2.45, 2.75) is 19.3 Å². The lowest BCUT2D eigenvalue weighted by molar-refractivity contribution is 0.904. The van der Waals surface area contributed by atoms with E-state index in [0.717, 1.165) is 18.4 Å². The quantitative estimate of drug-likeness (QED) is 0.535. The zero-order valence-electron chi connectivity index (χ0n) is 6.90. The molecule has 11 heavy (non-hydrogen) atoms. The molecule has 0 bridgehead atoms. The standard InChI is InChI=1S/C11H14/c1-4-9(3)11-8-6-7-10(11)5-2/h4-5H,1-3,6-8H2. The van der Waals surface area contributed by atoms with Crippen LogP contribution in [0.3, 0.4) is 0 Å². The van der Waals surface area contributed by atoms with Crippen molar-refractivity contribution in [3.63, 3.8) is 0 Å². The van der Waals surface area contributed by atoms with Crippen molar-refractivity contribution in [1.29, 1.82) is 0 Å². The van der Waals surface area contributed by atoms with Gasteiger partial charge < -0.3 is 0 Å². The highest BCUT2D eigenvalue weighted by Crippen LogP contribution is 2.31. The summed E-state index contributed by atoms with van der Waals surface area (Å²) in [6.07, 6.45) is 7.31. The number of rotatable bonds is 3. The number of hydrogen-bond acceptors (Lipinski definition) is 0. The molecule has 1 aliphatic rings. The zero-order valence-corrected chi connectivity index (χ0v) is 6.90. The predicted molar refractivity (Wildman–Crippen MR) is 50.4 cm³/mol. The Labute approximate surface area is 68.6 Å². The monoisotopic (exact) mass is 146 g/mol. The molecular weight excluding hydrogens is 132 g/mol. The molecule has 0 aromatic carbocycles. The maximum atomic E-state index is 3.93. The fourth-order valence-electron chi connectivity index (χ4n) is 1.48. The lowest BCUT2D eigenvalue weighted by atomic mass is 10.0. The Morgan fingerprint density at radius 1 is 1.27 bits per heavy atom. The molecule has 0 heteroatoms. The van der Waals surface area contributed by atoms with Crippen LogP contribution < -0.4 is 0 Å². The molecule has 0 heterocycles. The molecule has 0 saturated heterocycles. The highest BCUT2D eigenvalue weighted by molar-refractivity contribution is 5.45. The first-order valence-corrected chi connectivity index (χ1v) is 3.95. The van der Waals surface area contributed by atoms with E-state index in [1.54, 1.807) is 0 Å². The van der Waals surface area contributed by atoms with Crippen LogP contribution in [0.1, 0.15) is 19.3 Å². The lowest BCUT2D eigenvalue weighted by Gasteiger charge is -2.01. The zero-order chi connectivity index (χ0) is 8.27. The third kappa shape index (κ3) is 1.51. The van der Waals surface area contributed by atoms with E-state index in [1.165, 1.54) is 17.6 Å². The molecule has 0 atom stereocenters. The predicted octanol–water partition coefficient (Wildman–Crippen LogP) is 3.40. The third-order valence-electron chi connectivity index (χ3n) is 2.14. The van der Waals surface area contributed by atoms with E-state index in [0.29, 0.717) is 0 Å². The van der Waals surface area contributed by atoms with Crippen molar-refractivity contribution in [3.05, 3.63) is 48.6 Å². The van der Waals surface area contributed by atoms with E-state index in [1.807, 2.05) is 12.2 Å². The van der Waals surface area contributed by atoms with Crippen LogP contribution in [0.25, 0.3) is 0 Å². The molecule has 58 valence electrons. The van der Waals surface area contributed by atoms with Crippen LogP contribution in [0, 0.1) is 0 Å². The Balaban J connectivity index is 2.90. The third-order valence-corrected chi connectivity index (χ3v) is 2.14. The van der Waals surface area contributed by atoms with Gasteiger partial charge in [-0.25, -0.2) is 0 Å². The molecule has 0 spiro atoms. The van der Waals surface area contributed by atoms with Crippen LogP contribution in [0.2, 0.25) is 0 Å². The molecule has 0 aromatic heterocycles.